The van der Waals surface area contributed by atoms with Gasteiger partial charge < -0.3 is 0 Å². The molecule has 0 bridgehead atoms. The molecule has 1 atom stereocenters. The second-order valence-corrected chi connectivity index (χ2v) is 10.8. The van der Waals surface area contributed by atoms with Crippen molar-refractivity contribution in [1.29, 1.82) is 5.26 Å². The number of hydrogen-bond acceptors (Lipinski definition) is 4. The average molecular weight is 584 g/mol. The van der Waals surface area contributed by atoms with Crippen LogP contribution in [0.1, 0.15) is 29.0 Å². The number of hydrogen-bond donors (Lipinski definition) is 1. The van der Waals surface area contributed by atoms with E-state index in [2.05, 4.69) is 25.4 Å². The summed E-state index contributed by atoms with van der Waals surface area (Å²) in [5.74, 6) is -0.186. The van der Waals surface area contributed by atoms with Gasteiger partial charge in [-0.25, -0.2) is 0 Å². The van der Waals surface area contributed by atoms with Crippen molar-refractivity contribution in [3.63, 3.8) is 0 Å². The molecule has 0 saturated heterocycles. The van der Waals surface area contributed by atoms with Crippen LogP contribution < -0.4 is 5.73 Å². The van der Waals surface area contributed by atoms with Crippen molar-refractivity contribution < 1.29 is 8.42 Å². The predicted molar refractivity (Wildman–Crippen MR) is 143 cm³/mol. The molecule has 11 heteroatoms. The van der Waals surface area contributed by atoms with E-state index < -0.39 is 10.0 Å². The molecule has 0 aliphatic carbocycles. The third kappa shape index (κ3) is 6.01. The van der Waals surface area contributed by atoms with Gasteiger partial charge in [-0.15, -0.1) is 0 Å². The molecule has 0 saturated carbocycles. The van der Waals surface area contributed by atoms with Gasteiger partial charge >= 0.3 is 223 Å². The first-order valence-electron chi connectivity index (χ1n) is 10.8. The summed E-state index contributed by atoms with van der Waals surface area (Å²) in [6, 6.07) is 24.7. The Morgan fingerprint density at radius 3 is 2.36 bits per heavy atom. The number of nitriles is 1. The topological polar surface area (TPSA) is 124 Å². The predicted octanol–water partition coefficient (Wildman–Crippen LogP) is 3.37. The van der Waals surface area contributed by atoms with Crippen molar-refractivity contribution in [2.75, 3.05) is 6.54 Å². The van der Waals surface area contributed by atoms with Gasteiger partial charge in [-0.05, 0) is 0 Å². The maximum absolute atomic E-state index is 13.1. The van der Waals surface area contributed by atoms with E-state index in [0.29, 0.717) is 23.6 Å². The van der Waals surface area contributed by atoms with Gasteiger partial charge in [0, 0.05) is 0 Å². The van der Waals surface area contributed by atoms with E-state index in [0.717, 1.165) is 16.8 Å². The second-order valence-electron chi connectivity index (χ2n) is 7.84. The molecule has 4 rings (SSSR count). The maximum atomic E-state index is 13.1. The summed E-state index contributed by atoms with van der Waals surface area (Å²) in [5, 5.41) is 15.8. The number of nitrogens with two attached hydrogens (primary N) is 1. The summed E-state index contributed by atoms with van der Waals surface area (Å²) in [6.07, 6.45) is 0.634. The van der Waals surface area contributed by atoms with Crippen LogP contribution >= 0.6 is 11.6 Å². The Labute approximate surface area is 222 Å². The van der Waals surface area contributed by atoms with E-state index in [4.69, 9.17) is 27.7 Å². The molecule has 182 valence electrons. The van der Waals surface area contributed by atoms with Crippen LogP contribution in [-0.4, -0.2) is 52.4 Å². The number of sulfonamides is 1. The zero-order valence-electron chi connectivity index (χ0n) is 18.9. The number of halogens is 1. The van der Waals surface area contributed by atoms with Crippen molar-refractivity contribution in [1.82, 2.24) is 5.01 Å². The molecular formula is C25H21ClN6O2SSe. The van der Waals surface area contributed by atoms with Crippen LogP contribution in [0, 0.1) is 11.3 Å². The van der Waals surface area contributed by atoms with Gasteiger partial charge in [-0.3, -0.25) is 0 Å². The molecule has 1 unspecified atom stereocenters. The number of benzene rings is 3. The first-order chi connectivity index (χ1) is 17.3. The van der Waals surface area contributed by atoms with E-state index in [9.17, 15) is 8.42 Å². The molecule has 3 aromatic carbocycles. The van der Waals surface area contributed by atoms with Crippen LogP contribution in [0.15, 0.2) is 98.2 Å². The molecule has 2 N–H and O–H groups in total. The zero-order chi connectivity index (χ0) is 25.7. The van der Waals surface area contributed by atoms with Crippen molar-refractivity contribution in [2.24, 2.45) is 20.2 Å². The van der Waals surface area contributed by atoms with E-state index in [1.54, 1.807) is 12.1 Å². The minimum absolute atomic E-state index is 0.0289. The summed E-state index contributed by atoms with van der Waals surface area (Å²) < 4.78 is 30.2. The number of amidine groups is 1. The van der Waals surface area contributed by atoms with Gasteiger partial charge in [0.15, 0.2) is 0 Å². The Kier molecular flexibility index (Phi) is 7.87. The Balaban J connectivity index is 1.80. The van der Waals surface area contributed by atoms with Crippen LogP contribution in [0.2, 0.25) is 5.02 Å². The fourth-order valence-corrected chi connectivity index (χ4v) is 5.01. The molecule has 36 heavy (non-hydrogen) atoms. The fraction of sp³-hybridized carbons (Fsp3) is 0.120. The Bertz CT molecular complexity index is 1480. The van der Waals surface area contributed by atoms with Crippen LogP contribution in [-0.2, 0) is 10.0 Å². The van der Waals surface area contributed by atoms with Crippen molar-refractivity contribution in [2.45, 2.75) is 17.2 Å². The standard InChI is InChI=1S/C25H21ClN6O2SSe/c26-20-10-8-19(9-11-20)23-22(18-4-2-1-3-5-18)14-15-32(30-23)25(29-24(28)36)31-35(33,34)21-12-6-17(16-27)7-13-21/h1-13,22H,14-15H2,(H3,28,29,31,36). The van der Waals surface area contributed by atoms with E-state index in [1.165, 1.54) is 29.3 Å². The first kappa shape index (κ1) is 25.6. The number of rotatable bonds is 4. The molecule has 0 radical (unpaired) electrons. The zero-order valence-corrected chi connectivity index (χ0v) is 22.3. The van der Waals surface area contributed by atoms with Crippen molar-refractivity contribution in [3.05, 3.63) is 101 Å². The van der Waals surface area contributed by atoms with Crippen LogP contribution in [0.25, 0.3) is 0 Å². The molecule has 1 heterocycles. The van der Waals surface area contributed by atoms with Gasteiger partial charge in [0.2, 0.25) is 0 Å². The van der Waals surface area contributed by atoms with Crippen LogP contribution in [0.3, 0.4) is 0 Å². The third-order valence-corrected chi connectivity index (χ3v) is 7.19. The average Bonchev–Trinajstić information content (AvgIpc) is 2.88. The molecule has 8 nitrogen and oxygen atoms in total. The monoisotopic (exact) mass is 584 g/mol. The van der Waals surface area contributed by atoms with E-state index >= 15 is 0 Å². The molecule has 3 aromatic rings. The molecule has 0 spiro atoms. The van der Waals surface area contributed by atoms with Crippen molar-refractivity contribution in [3.8, 4) is 6.07 Å². The minimum atomic E-state index is -4.15. The number of hydrazone groups is 1. The Morgan fingerprint density at radius 2 is 1.75 bits per heavy atom. The van der Waals surface area contributed by atoms with Crippen molar-refractivity contribution >= 4 is 54.0 Å². The Morgan fingerprint density at radius 1 is 1.08 bits per heavy atom. The number of nitrogens with zero attached hydrogens (tertiary/aromatic N) is 5. The first-order valence-corrected chi connectivity index (χ1v) is 13.6. The Hall–Kier alpha value is -3.48. The van der Waals surface area contributed by atoms with Gasteiger partial charge in [0.05, 0.1) is 0 Å². The molecule has 0 aromatic heterocycles. The molecular weight excluding hydrogens is 563 g/mol. The number of guanidine groups is 1. The molecule has 0 amide bonds. The second kappa shape index (κ2) is 11.1. The van der Waals surface area contributed by atoms with Crippen LogP contribution in [0.4, 0.5) is 0 Å². The van der Waals surface area contributed by atoms with Gasteiger partial charge in [0.1, 0.15) is 0 Å². The van der Waals surface area contributed by atoms with E-state index in [-0.39, 0.29) is 21.5 Å². The summed E-state index contributed by atoms with van der Waals surface area (Å²) in [5.41, 5.74) is 8.80. The molecule has 1 aliphatic heterocycles. The molecule has 1 aliphatic rings. The van der Waals surface area contributed by atoms with Gasteiger partial charge in [0.25, 0.3) is 0 Å². The third-order valence-electron chi connectivity index (χ3n) is 5.46. The SMILES string of the molecule is N#Cc1ccc(S(=O)(=O)N=C(N=C(N)[SeH])N2CCC(c3ccccc3)C(c3ccc(Cl)cc3)=N2)cc1. The number of aliphatic imine (C=N–C) groups is 1. The summed E-state index contributed by atoms with van der Waals surface area (Å²) in [7, 11) is -4.15. The summed E-state index contributed by atoms with van der Waals surface area (Å²) >= 11 is 8.16. The summed E-state index contributed by atoms with van der Waals surface area (Å²) in [6.45, 7) is 0.363. The quantitative estimate of drug-likeness (QED) is 0.286. The summed E-state index contributed by atoms with van der Waals surface area (Å²) in [4.78, 5) is 4.10. The van der Waals surface area contributed by atoms with Gasteiger partial charge in [-0.2, -0.15) is 0 Å². The normalized spacial score (nSPS) is 16.9. The molecule has 0 fully saturated rings. The van der Waals surface area contributed by atoms with Crippen LogP contribution in [0.5, 0.6) is 0 Å². The van der Waals surface area contributed by atoms with Gasteiger partial charge in [-0.1, -0.05) is 0 Å². The fourth-order valence-electron chi connectivity index (χ4n) is 3.76. The van der Waals surface area contributed by atoms with E-state index in [1.807, 2.05) is 48.5 Å².